The zero-order valence-electron chi connectivity index (χ0n) is 20.3. The number of anilines is 1. The van der Waals surface area contributed by atoms with E-state index < -0.39 is 0 Å². The van der Waals surface area contributed by atoms with Gasteiger partial charge in [0.2, 0.25) is 0 Å². The Morgan fingerprint density at radius 1 is 0.917 bits per heavy atom. The second-order valence-electron chi connectivity index (χ2n) is 8.91. The molecule has 0 spiro atoms. The molecule has 0 aromatic heterocycles. The summed E-state index contributed by atoms with van der Waals surface area (Å²) in [6, 6.07) is 24.7. The minimum absolute atomic E-state index is 0.0614. The van der Waals surface area contributed by atoms with Crippen LogP contribution < -0.4 is 9.64 Å². The normalized spacial score (nSPS) is 17.3. The van der Waals surface area contributed by atoms with Crippen LogP contribution in [-0.4, -0.2) is 48.9 Å². The van der Waals surface area contributed by atoms with Crippen molar-refractivity contribution in [3.8, 4) is 11.5 Å². The molecular weight excluding hydrogens is 454 g/mol. The van der Waals surface area contributed by atoms with E-state index in [0.717, 1.165) is 42.9 Å². The highest BCUT2D eigenvalue weighted by Gasteiger charge is 2.36. The number of hydrogen-bond acceptors (Lipinski definition) is 6. The number of likely N-dealkylation sites (tertiary alicyclic amines) is 1. The molecule has 5 rings (SSSR count). The molecule has 0 saturated carbocycles. The maximum Gasteiger partial charge on any atom is 0.309 e. The van der Waals surface area contributed by atoms with Crippen LogP contribution in [0.25, 0.3) is 0 Å². The van der Waals surface area contributed by atoms with E-state index >= 15 is 0 Å². The van der Waals surface area contributed by atoms with Gasteiger partial charge in [0, 0.05) is 18.7 Å². The minimum atomic E-state index is -0.117. The summed E-state index contributed by atoms with van der Waals surface area (Å²) in [7, 11) is 0. The Balaban J connectivity index is 1.29. The van der Waals surface area contributed by atoms with Crippen molar-refractivity contribution in [1.82, 2.24) is 4.90 Å². The number of rotatable bonds is 7. The fourth-order valence-electron chi connectivity index (χ4n) is 4.62. The molecule has 36 heavy (non-hydrogen) atoms. The molecule has 0 N–H and O–H groups in total. The number of hydrogen-bond donors (Lipinski definition) is 0. The lowest BCUT2D eigenvalue weighted by Gasteiger charge is -2.33. The average molecular weight is 484 g/mol. The van der Waals surface area contributed by atoms with Gasteiger partial charge >= 0.3 is 5.97 Å². The van der Waals surface area contributed by atoms with Crippen molar-refractivity contribution in [2.24, 2.45) is 10.9 Å². The lowest BCUT2D eigenvalue weighted by atomic mass is 9.97. The first-order valence-electron chi connectivity index (χ1n) is 12.3. The molecule has 2 aliphatic heterocycles. The second-order valence-corrected chi connectivity index (χ2v) is 8.91. The fourth-order valence-corrected chi connectivity index (χ4v) is 4.62. The number of ether oxygens (including phenoxy) is 2. The van der Waals surface area contributed by atoms with Gasteiger partial charge in [-0.1, -0.05) is 36.4 Å². The largest absolute Gasteiger partial charge is 0.466 e. The highest BCUT2D eigenvalue weighted by Crippen LogP contribution is 2.32. The first kappa shape index (κ1) is 23.8. The Hall–Kier alpha value is -3.97. The Morgan fingerprint density at radius 2 is 1.58 bits per heavy atom. The highest BCUT2D eigenvalue weighted by atomic mass is 16.5. The van der Waals surface area contributed by atoms with Gasteiger partial charge in [-0.3, -0.25) is 19.4 Å². The molecule has 0 unspecified atom stereocenters. The van der Waals surface area contributed by atoms with E-state index in [0.29, 0.717) is 30.4 Å². The Labute approximate surface area is 211 Å². The molecule has 7 nitrogen and oxygen atoms in total. The van der Waals surface area contributed by atoms with Crippen LogP contribution in [0.2, 0.25) is 0 Å². The van der Waals surface area contributed by atoms with Crippen molar-refractivity contribution in [3.63, 3.8) is 0 Å². The SMILES string of the molecule is CCOC(=O)C1CCN(CN2C(=O)C(=Nc3ccc(Oc4ccccc4)cc3)c3ccccc32)CC1. The lowest BCUT2D eigenvalue weighted by Crippen LogP contribution is -2.45. The molecule has 0 atom stereocenters. The van der Waals surface area contributed by atoms with Gasteiger partial charge in [-0.15, -0.1) is 0 Å². The Kier molecular flexibility index (Phi) is 7.09. The summed E-state index contributed by atoms with van der Waals surface area (Å²) in [5.41, 5.74) is 2.81. The third-order valence-electron chi connectivity index (χ3n) is 6.50. The molecule has 0 bridgehead atoms. The first-order valence-corrected chi connectivity index (χ1v) is 12.3. The van der Waals surface area contributed by atoms with E-state index in [9.17, 15) is 9.59 Å². The molecule has 2 aliphatic rings. The van der Waals surface area contributed by atoms with Gasteiger partial charge in [-0.25, -0.2) is 4.99 Å². The van der Waals surface area contributed by atoms with Crippen LogP contribution in [0, 0.1) is 5.92 Å². The molecular formula is C29H29N3O4. The van der Waals surface area contributed by atoms with Gasteiger partial charge in [-0.05, 0) is 62.2 Å². The van der Waals surface area contributed by atoms with Crippen LogP contribution in [0.5, 0.6) is 11.5 Å². The van der Waals surface area contributed by atoms with Crippen molar-refractivity contribution < 1.29 is 19.1 Å². The summed E-state index contributed by atoms with van der Waals surface area (Å²) in [5, 5.41) is 0. The summed E-state index contributed by atoms with van der Waals surface area (Å²) in [4.78, 5) is 34.3. The number of fused-ring (bicyclic) bond motifs is 1. The number of piperidine rings is 1. The Bertz CT molecular complexity index is 1250. The van der Waals surface area contributed by atoms with Crippen molar-refractivity contribution in [1.29, 1.82) is 0 Å². The molecule has 184 valence electrons. The number of aliphatic imine (C=N–C) groups is 1. The van der Waals surface area contributed by atoms with Gasteiger partial charge in [0.1, 0.15) is 17.2 Å². The number of amides is 1. The number of para-hydroxylation sites is 2. The quantitative estimate of drug-likeness (QED) is 0.433. The van der Waals surface area contributed by atoms with Crippen LogP contribution in [-0.2, 0) is 14.3 Å². The smallest absolute Gasteiger partial charge is 0.309 e. The fraction of sp³-hybridized carbons (Fsp3) is 0.276. The topological polar surface area (TPSA) is 71.4 Å². The van der Waals surface area contributed by atoms with Crippen LogP contribution in [0.1, 0.15) is 25.3 Å². The molecule has 3 aromatic rings. The molecule has 1 fully saturated rings. The number of carbonyl (C=O) groups is 2. The van der Waals surface area contributed by atoms with E-state index in [1.807, 2.05) is 85.8 Å². The van der Waals surface area contributed by atoms with E-state index in [2.05, 4.69) is 4.90 Å². The van der Waals surface area contributed by atoms with E-state index in [-0.39, 0.29) is 17.8 Å². The van der Waals surface area contributed by atoms with Gasteiger partial charge in [-0.2, -0.15) is 0 Å². The zero-order chi connectivity index (χ0) is 24.9. The molecule has 3 aromatic carbocycles. The summed E-state index contributed by atoms with van der Waals surface area (Å²) in [6.07, 6.45) is 1.47. The van der Waals surface area contributed by atoms with Crippen molar-refractivity contribution >= 4 is 29.0 Å². The van der Waals surface area contributed by atoms with Crippen molar-refractivity contribution in [2.45, 2.75) is 19.8 Å². The van der Waals surface area contributed by atoms with Crippen molar-refractivity contribution in [3.05, 3.63) is 84.4 Å². The third-order valence-corrected chi connectivity index (χ3v) is 6.50. The van der Waals surface area contributed by atoms with Crippen LogP contribution >= 0.6 is 0 Å². The first-order chi connectivity index (χ1) is 17.6. The van der Waals surface area contributed by atoms with Crippen LogP contribution in [0.4, 0.5) is 11.4 Å². The average Bonchev–Trinajstić information content (AvgIpc) is 3.17. The molecule has 0 radical (unpaired) electrons. The zero-order valence-corrected chi connectivity index (χ0v) is 20.3. The van der Waals surface area contributed by atoms with Gasteiger partial charge in [0.25, 0.3) is 5.91 Å². The predicted molar refractivity (Wildman–Crippen MR) is 139 cm³/mol. The summed E-state index contributed by atoms with van der Waals surface area (Å²) >= 11 is 0. The van der Waals surface area contributed by atoms with E-state index in [1.54, 1.807) is 4.90 Å². The minimum Gasteiger partial charge on any atom is -0.466 e. The van der Waals surface area contributed by atoms with Crippen molar-refractivity contribution in [2.75, 3.05) is 31.3 Å². The summed E-state index contributed by atoms with van der Waals surface area (Å²) in [6.45, 7) is 4.18. The Morgan fingerprint density at radius 3 is 2.31 bits per heavy atom. The summed E-state index contributed by atoms with van der Waals surface area (Å²) < 4.78 is 11.0. The maximum absolute atomic E-state index is 13.5. The van der Waals surface area contributed by atoms with Crippen LogP contribution in [0.3, 0.4) is 0 Å². The number of esters is 1. The molecule has 7 heteroatoms. The van der Waals surface area contributed by atoms with E-state index in [1.165, 1.54) is 0 Å². The molecule has 1 saturated heterocycles. The molecule has 1 amide bonds. The monoisotopic (exact) mass is 483 g/mol. The van der Waals surface area contributed by atoms with Gasteiger partial charge in [0.05, 0.1) is 30.6 Å². The number of nitrogens with zero attached hydrogens (tertiary/aromatic N) is 3. The highest BCUT2D eigenvalue weighted by molar-refractivity contribution is 6.54. The van der Waals surface area contributed by atoms with Gasteiger partial charge < -0.3 is 9.47 Å². The second kappa shape index (κ2) is 10.7. The predicted octanol–water partition coefficient (Wildman–Crippen LogP) is 5.18. The molecule has 0 aliphatic carbocycles. The third kappa shape index (κ3) is 5.16. The number of carbonyl (C=O) groups excluding carboxylic acids is 2. The van der Waals surface area contributed by atoms with E-state index in [4.69, 9.17) is 14.5 Å². The maximum atomic E-state index is 13.5. The summed E-state index contributed by atoms with van der Waals surface area (Å²) in [5.74, 6) is 1.17. The number of benzene rings is 3. The standard InChI is InChI=1S/C29H29N3O4/c1-2-35-29(34)21-16-18-31(19-17-21)20-32-26-11-7-6-10-25(26)27(28(32)33)30-22-12-14-24(15-13-22)36-23-8-4-3-5-9-23/h3-15,21H,2,16-20H2,1H3. The van der Waals surface area contributed by atoms with Gasteiger partial charge in [0.15, 0.2) is 0 Å². The molecule has 2 heterocycles. The lowest BCUT2D eigenvalue weighted by molar-refractivity contribution is -0.149. The van der Waals surface area contributed by atoms with Crippen LogP contribution in [0.15, 0.2) is 83.9 Å².